The van der Waals surface area contributed by atoms with E-state index in [-0.39, 0.29) is 12.1 Å². The van der Waals surface area contributed by atoms with Gasteiger partial charge in [-0.15, -0.1) is 0 Å². The smallest absolute Gasteiger partial charge is 0.410 e. The highest BCUT2D eigenvalue weighted by Crippen LogP contribution is 2.32. The van der Waals surface area contributed by atoms with Gasteiger partial charge in [0, 0.05) is 25.8 Å². The van der Waals surface area contributed by atoms with E-state index in [1.807, 2.05) is 41.4 Å². The van der Waals surface area contributed by atoms with Gasteiger partial charge in [-0.2, -0.15) is 0 Å². The molecule has 2 fully saturated rings. The van der Waals surface area contributed by atoms with Gasteiger partial charge in [0.15, 0.2) is 0 Å². The average Bonchev–Trinajstić information content (AvgIpc) is 3.08. The molecule has 0 unspecified atom stereocenters. The Kier molecular flexibility index (Phi) is 6.65. The number of pyridine rings is 1. The summed E-state index contributed by atoms with van der Waals surface area (Å²) in [5.74, 6) is 1.06. The first-order valence-corrected chi connectivity index (χ1v) is 11.0. The molecule has 1 atom stereocenters. The fourth-order valence-corrected chi connectivity index (χ4v) is 4.38. The first-order chi connectivity index (χ1) is 14.3. The molecule has 0 bridgehead atoms. The number of piperidine rings is 1. The molecule has 0 radical (unpaired) electrons. The Morgan fingerprint density at radius 3 is 2.41 bits per heavy atom. The average molecular weight is 394 g/mol. The number of benzene rings is 1. The molecule has 2 aliphatic rings. The molecular weight excluding hydrogens is 362 g/mol. The van der Waals surface area contributed by atoms with Crippen LogP contribution in [0.25, 0.3) is 0 Å². The fourth-order valence-electron chi connectivity index (χ4n) is 4.38. The van der Waals surface area contributed by atoms with E-state index in [4.69, 9.17) is 9.72 Å². The molecule has 2 saturated heterocycles. The Morgan fingerprint density at radius 2 is 1.69 bits per heavy atom. The molecule has 1 aromatic carbocycles. The molecule has 3 heterocycles. The largest absolute Gasteiger partial charge is 0.445 e. The Bertz CT molecular complexity index is 770. The highest BCUT2D eigenvalue weighted by atomic mass is 16.6. The molecule has 1 aromatic heterocycles. The predicted molar refractivity (Wildman–Crippen MR) is 115 cm³/mol. The van der Waals surface area contributed by atoms with Crippen molar-refractivity contribution < 1.29 is 9.53 Å². The molecule has 0 aliphatic carbocycles. The lowest BCUT2D eigenvalue weighted by Gasteiger charge is -2.35. The third-order valence-corrected chi connectivity index (χ3v) is 6.03. The van der Waals surface area contributed by atoms with Gasteiger partial charge in [-0.3, -0.25) is 0 Å². The number of hydrogen-bond donors (Lipinski definition) is 0. The molecule has 0 N–H and O–H groups in total. The Morgan fingerprint density at radius 1 is 0.931 bits per heavy atom. The van der Waals surface area contributed by atoms with Gasteiger partial charge in [-0.05, 0) is 49.3 Å². The van der Waals surface area contributed by atoms with E-state index in [9.17, 15) is 4.79 Å². The van der Waals surface area contributed by atoms with Crippen molar-refractivity contribution in [3.05, 3.63) is 59.8 Å². The minimum absolute atomic E-state index is 0.0534. The van der Waals surface area contributed by atoms with Crippen LogP contribution in [0.5, 0.6) is 0 Å². The monoisotopic (exact) mass is 393 g/mol. The van der Waals surface area contributed by atoms with Crippen LogP contribution in [0.1, 0.15) is 62.1 Å². The third-order valence-electron chi connectivity index (χ3n) is 6.03. The first-order valence-electron chi connectivity index (χ1n) is 11.0. The van der Waals surface area contributed by atoms with Crippen LogP contribution >= 0.6 is 0 Å². The van der Waals surface area contributed by atoms with Crippen LogP contribution in [0.3, 0.4) is 0 Å². The van der Waals surface area contributed by atoms with Gasteiger partial charge >= 0.3 is 6.09 Å². The van der Waals surface area contributed by atoms with Crippen molar-refractivity contribution in [2.75, 3.05) is 24.5 Å². The van der Waals surface area contributed by atoms with Crippen LogP contribution in [0, 0.1) is 0 Å². The van der Waals surface area contributed by atoms with E-state index >= 15 is 0 Å². The van der Waals surface area contributed by atoms with Gasteiger partial charge in [0.25, 0.3) is 0 Å². The maximum absolute atomic E-state index is 12.8. The van der Waals surface area contributed by atoms with Gasteiger partial charge in [-0.25, -0.2) is 9.78 Å². The van der Waals surface area contributed by atoms with E-state index < -0.39 is 0 Å². The van der Waals surface area contributed by atoms with Crippen molar-refractivity contribution in [3.8, 4) is 0 Å². The number of carbonyl (C=O) groups is 1. The Balaban J connectivity index is 1.41. The molecule has 4 rings (SSSR count). The second-order valence-corrected chi connectivity index (χ2v) is 8.10. The fraction of sp³-hybridized carbons (Fsp3) is 0.500. The number of likely N-dealkylation sites (tertiary alicyclic amines) is 1. The number of anilines is 1. The van der Waals surface area contributed by atoms with Crippen molar-refractivity contribution in [2.24, 2.45) is 0 Å². The lowest BCUT2D eigenvalue weighted by Crippen LogP contribution is -2.38. The van der Waals surface area contributed by atoms with Crippen molar-refractivity contribution in [1.82, 2.24) is 9.88 Å². The summed E-state index contributed by atoms with van der Waals surface area (Å²) in [4.78, 5) is 21.8. The van der Waals surface area contributed by atoms with Crippen LogP contribution in [0.2, 0.25) is 0 Å². The number of rotatable bonds is 4. The maximum atomic E-state index is 12.8. The molecule has 29 heavy (non-hydrogen) atoms. The van der Waals surface area contributed by atoms with E-state index in [1.54, 1.807) is 0 Å². The second kappa shape index (κ2) is 9.77. The topological polar surface area (TPSA) is 45.7 Å². The van der Waals surface area contributed by atoms with E-state index in [2.05, 4.69) is 17.0 Å². The number of hydrogen-bond acceptors (Lipinski definition) is 4. The van der Waals surface area contributed by atoms with Gasteiger partial charge in [-0.1, -0.05) is 49.2 Å². The van der Waals surface area contributed by atoms with Crippen molar-refractivity contribution >= 4 is 11.9 Å². The molecule has 2 aliphatic heterocycles. The molecular formula is C24H31N3O2. The van der Waals surface area contributed by atoms with Crippen LogP contribution in [0.15, 0.2) is 48.7 Å². The number of aromatic nitrogens is 1. The molecule has 0 spiro atoms. The summed E-state index contributed by atoms with van der Waals surface area (Å²) in [6.45, 7) is 3.24. The zero-order chi connectivity index (χ0) is 19.9. The maximum Gasteiger partial charge on any atom is 0.410 e. The van der Waals surface area contributed by atoms with E-state index in [0.717, 1.165) is 55.8 Å². The Hall–Kier alpha value is -2.56. The number of carbonyl (C=O) groups excluding carboxylic acids is 1. The van der Waals surface area contributed by atoms with Crippen molar-refractivity contribution in [2.45, 2.75) is 57.6 Å². The molecule has 154 valence electrons. The van der Waals surface area contributed by atoms with E-state index in [0.29, 0.717) is 6.61 Å². The predicted octanol–water partition coefficient (Wildman–Crippen LogP) is 5.33. The molecule has 1 amide bonds. The van der Waals surface area contributed by atoms with Gasteiger partial charge < -0.3 is 14.5 Å². The first kappa shape index (κ1) is 19.7. The zero-order valence-electron chi connectivity index (χ0n) is 17.1. The van der Waals surface area contributed by atoms with Crippen molar-refractivity contribution in [3.63, 3.8) is 0 Å². The minimum atomic E-state index is -0.227. The molecule has 5 nitrogen and oxygen atoms in total. The summed E-state index contributed by atoms with van der Waals surface area (Å²) in [7, 11) is 0. The summed E-state index contributed by atoms with van der Waals surface area (Å²) in [6, 6.07) is 14.2. The Labute approximate surface area is 173 Å². The number of nitrogens with zero attached hydrogens (tertiary/aromatic N) is 3. The highest BCUT2D eigenvalue weighted by molar-refractivity contribution is 5.68. The van der Waals surface area contributed by atoms with Crippen LogP contribution < -0.4 is 4.90 Å². The third kappa shape index (κ3) is 5.08. The molecule has 2 aromatic rings. The second-order valence-electron chi connectivity index (χ2n) is 8.10. The SMILES string of the molecule is O=C(OCc1ccccc1)N1CCCC[C@H]1c1ccc(N2CCCCCC2)nc1. The summed E-state index contributed by atoms with van der Waals surface area (Å²) in [5, 5.41) is 0. The highest BCUT2D eigenvalue weighted by Gasteiger charge is 2.29. The van der Waals surface area contributed by atoms with E-state index in [1.165, 1.54) is 25.7 Å². The zero-order valence-corrected chi connectivity index (χ0v) is 17.1. The quantitative estimate of drug-likeness (QED) is 0.705. The van der Waals surface area contributed by atoms with Gasteiger partial charge in [0.05, 0.1) is 6.04 Å². The number of amides is 1. The number of ether oxygens (including phenoxy) is 1. The summed E-state index contributed by atoms with van der Waals surface area (Å²) >= 11 is 0. The lowest BCUT2D eigenvalue weighted by molar-refractivity contribution is 0.0678. The van der Waals surface area contributed by atoms with Crippen LogP contribution in [0.4, 0.5) is 10.6 Å². The normalized spacial score (nSPS) is 20.2. The minimum Gasteiger partial charge on any atom is -0.445 e. The standard InChI is InChI=1S/C24H31N3O2/c28-24(29-19-20-10-4-3-5-11-20)27-17-9-6-12-22(27)21-13-14-23(25-18-21)26-15-7-1-2-8-16-26/h3-5,10-11,13-14,18,22H,1-2,6-9,12,15-17,19H2/t22-/m0/s1. The van der Waals surface area contributed by atoms with Gasteiger partial charge in [0.1, 0.15) is 12.4 Å². The molecule has 5 heteroatoms. The molecule has 0 saturated carbocycles. The summed E-state index contributed by atoms with van der Waals surface area (Å²) < 4.78 is 5.61. The van der Waals surface area contributed by atoms with Gasteiger partial charge in [0.2, 0.25) is 0 Å². The summed E-state index contributed by atoms with van der Waals surface area (Å²) in [6.07, 6.45) is 9.97. The van der Waals surface area contributed by atoms with Crippen LogP contribution in [-0.4, -0.2) is 35.6 Å². The van der Waals surface area contributed by atoms with Crippen LogP contribution in [-0.2, 0) is 11.3 Å². The lowest BCUT2D eigenvalue weighted by atomic mass is 9.97. The van der Waals surface area contributed by atoms with Crippen molar-refractivity contribution in [1.29, 1.82) is 0 Å². The summed E-state index contributed by atoms with van der Waals surface area (Å²) in [5.41, 5.74) is 2.12.